The monoisotopic (exact) mass is 361 g/mol. The molecule has 2 aromatic rings. The van der Waals surface area contributed by atoms with Crippen molar-refractivity contribution in [2.75, 3.05) is 30.3 Å². The van der Waals surface area contributed by atoms with Crippen LogP contribution in [0.4, 0.5) is 11.5 Å². The average Bonchev–Trinajstić information content (AvgIpc) is 2.72. The van der Waals surface area contributed by atoms with Crippen LogP contribution in [0, 0.1) is 22.7 Å². The van der Waals surface area contributed by atoms with Gasteiger partial charge in [0.05, 0.1) is 6.61 Å². The minimum Gasteiger partial charge on any atom is -0.477 e. The van der Waals surface area contributed by atoms with E-state index < -0.39 is 0 Å². The van der Waals surface area contributed by atoms with Crippen molar-refractivity contribution in [1.82, 2.24) is 4.98 Å². The maximum Gasteiger partial charge on any atom is 0.234 e. The number of nitriles is 2. The Balaban J connectivity index is 2.05. The summed E-state index contributed by atoms with van der Waals surface area (Å²) in [4.78, 5) is 6.49. The molecule has 1 fully saturated rings. The predicted octanol–water partition coefficient (Wildman–Crippen LogP) is 3.85. The van der Waals surface area contributed by atoms with Crippen molar-refractivity contribution in [3.63, 3.8) is 0 Å². The highest BCUT2D eigenvalue weighted by molar-refractivity contribution is 5.83. The first-order valence-corrected chi connectivity index (χ1v) is 9.31. The zero-order valence-corrected chi connectivity index (χ0v) is 15.5. The SMILES string of the molecule is CCCOc1nc(N)c(C#N)c(-c2ccc(N3CCCCC3)cc2)c1C#N. The van der Waals surface area contributed by atoms with Gasteiger partial charge >= 0.3 is 0 Å². The van der Waals surface area contributed by atoms with Gasteiger partial charge in [-0.1, -0.05) is 19.1 Å². The Labute approximate surface area is 159 Å². The number of pyridine rings is 1. The zero-order valence-electron chi connectivity index (χ0n) is 15.5. The molecule has 0 bridgehead atoms. The smallest absolute Gasteiger partial charge is 0.234 e. The number of benzene rings is 1. The highest BCUT2D eigenvalue weighted by atomic mass is 16.5. The van der Waals surface area contributed by atoms with Crippen LogP contribution in [0.3, 0.4) is 0 Å². The summed E-state index contributed by atoms with van der Waals surface area (Å²) in [5.41, 5.74) is 8.85. The molecule has 3 rings (SSSR count). The van der Waals surface area contributed by atoms with E-state index in [4.69, 9.17) is 10.5 Å². The molecule has 0 unspecified atom stereocenters. The number of hydrogen-bond donors (Lipinski definition) is 1. The summed E-state index contributed by atoms with van der Waals surface area (Å²) in [6, 6.07) is 12.2. The van der Waals surface area contributed by atoms with Crippen LogP contribution >= 0.6 is 0 Å². The van der Waals surface area contributed by atoms with E-state index >= 15 is 0 Å². The van der Waals surface area contributed by atoms with Crippen molar-refractivity contribution in [2.24, 2.45) is 0 Å². The summed E-state index contributed by atoms with van der Waals surface area (Å²) in [7, 11) is 0. The fraction of sp³-hybridized carbons (Fsp3) is 0.381. The Morgan fingerprint density at radius 1 is 1.07 bits per heavy atom. The molecule has 0 amide bonds. The lowest BCUT2D eigenvalue weighted by atomic mass is 9.96. The summed E-state index contributed by atoms with van der Waals surface area (Å²) in [6.45, 7) is 4.52. The lowest BCUT2D eigenvalue weighted by Gasteiger charge is -2.29. The van der Waals surface area contributed by atoms with Crippen LogP contribution in [0.5, 0.6) is 5.88 Å². The molecule has 1 aromatic heterocycles. The molecule has 0 radical (unpaired) electrons. The van der Waals surface area contributed by atoms with E-state index in [1.165, 1.54) is 19.3 Å². The molecule has 1 aliphatic rings. The number of aromatic nitrogens is 1. The fourth-order valence-corrected chi connectivity index (χ4v) is 3.38. The molecule has 0 spiro atoms. The number of nitrogens with two attached hydrogens (primary N) is 1. The molecule has 0 saturated carbocycles. The molecular weight excluding hydrogens is 338 g/mol. The lowest BCUT2D eigenvalue weighted by molar-refractivity contribution is 0.305. The molecular formula is C21H23N5O. The maximum absolute atomic E-state index is 9.70. The van der Waals surface area contributed by atoms with Gasteiger partial charge in [0.1, 0.15) is 29.1 Å². The highest BCUT2D eigenvalue weighted by Crippen LogP contribution is 2.36. The Morgan fingerprint density at radius 2 is 1.74 bits per heavy atom. The third-order valence-corrected chi connectivity index (χ3v) is 4.74. The van der Waals surface area contributed by atoms with E-state index in [0.717, 1.165) is 30.8 Å². The summed E-state index contributed by atoms with van der Waals surface area (Å²) in [6.07, 6.45) is 4.48. The molecule has 1 saturated heterocycles. The van der Waals surface area contributed by atoms with Crippen molar-refractivity contribution in [3.8, 4) is 29.1 Å². The Morgan fingerprint density at radius 3 is 2.33 bits per heavy atom. The number of nitrogens with zero attached hydrogens (tertiary/aromatic N) is 4. The van der Waals surface area contributed by atoms with Gasteiger partial charge in [-0.15, -0.1) is 0 Å². The Bertz CT molecular complexity index is 887. The summed E-state index contributed by atoms with van der Waals surface area (Å²) in [5.74, 6) is 0.267. The number of anilines is 2. The summed E-state index contributed by atoms with van der Waals surface area (Å²) >= 11 is 0. The van der Waals surface area contributed by atoms with Gasteiger partial charge in [-0.05, 0) is 43.4 Å². The van der Waals surface area contributed by atoms with Gasteiger partial charge in [-0.25, -0.2) is 0 Å². The maximum atomic E-state index is 9.70. The van der Waals surface area contributed by atoms with Crippen molar-refractivity contribution >= 4 is 11.5 Å². The van der Waals surface area contributed by atoms with E-state index in [1.54, 1.807) is 0 Å². The molecule has 2 N–H and O–H groups in total. The van der Waals surface area contributed by atoms with Gasteiger partial charge in [-0.3, -0.25) is 0 Å². The summed E-state index contributed by atoms with van der Waals surface area (Å²) < 4.78 is 5.61. The van der Waals surface area contributed by atoms with E-state index in [9.17, 15) is 10.5 Å². The Kier molecular flexibility index (Phi) is 5.78. The number of piperidine rings is 1. The number of nitrogen functional groups attached to an aromatic ring is 1. The molecule has 0 aliphatic carbocycles. The van der Waals surface area contributed by atoms with Crippen LogP contribution in [0.2, 0.25) is 0 Å². The first-order valence-electron chi connectivity index (χ1n) is 9.31. The highest BCUT2D eigenvalue weighted by Gasteiger charge is 2.21. The minimum atomic E-state index is 0.0812. The van der Waals surface area contributed by atoms with Crippen molar-refractivity contribution in [2.45, 2.75) is 32.6 Å². The van der Waals surface area contributed by atoms with Crippen molar-refractivity contribution in [3.05, 3.63) is 35.4 Å². The van der Waals surface area contributed by atoms with E-state index in [1.807, 2.05) is 31.2 Å². The third kappa shape index (κ3) is 3.80. The van der Waals surface area contributed by atoms with Gasteiger partial charge in [0.25, 0.3) is 0 Å². The van der Waals surface area contributed by atoms with Gasteiger partial charge in [0.2, 0.25) is 5.88 Å². The Hall–Kier alpha value is -3.25. The number of rotatable bonds is 5. The van der Waals surface area contributed by atoms with Crippen LogP contribution in [0.1, 0.15) is 43.7 Å². The normalized spacial score (nSPS) is 13.7. The molecule has 27 heavy (non-hydrogen) atoms. The van der Waals surface area contributed by atoms with Gasteiger partial charge in [-0.2, -0.15) is 15.5 Å². The van der Waals surface area contributed by atoms with Crippen LogP contribution in [-0.2, 0) is 0 Å². The van der Waals surface area contributed by atoms with Gasteiger partial charge in [0.15, 0.2) is 0 Å². The van der Waals surface area contributed by atoms with E-state index in [0.29, 0.717) is 12.2 Å². The second-order valence-electron chi connectivity index (χ2n) is 6.59. The molecule has 6 nitrogen and oxygen atoms in total. The topological polar surface area (TPSA) is 99.0 Å². The molecule has 0 atom stereocenters. The van der Waals surface area contributed by atoms with Crippen LogP contribution in [-0.4, -0.2) is 24.7 Å². The zero-order chi connectivity index (χ0) is 19.2. The molecule has 6 heteroatoms. The molecule has 138 valence electrons. The van der Waals surface area contributed by atoms with E-state index in [-0.39, 0.29) is 22.8 Å². The largest absolute Gasteiger partial charge is 0.477 e. The average molecular weight is 361 g/mol. The van der Waals surface area contributed by atoms with E-state index in [2.05, 4.69) is 22.0 Å². The van der Waals surface area contributed by atoms with Crippen molar-refractivity contribution < 1.29 is 4.74 Å². The van der Waals surface area contributed by atoms with Crippen LogP contribution in [0.15, 0.2) is 24.3 Å². The minimum absolute atomic E-state index is 0.0812. The number of hydrogen-bond acceptors (Lipinski definition) is 6. The lowest BCUT2D eigenvalue weighted by Crippen LogP contribution is -2.29. The standard InChI is InChI=1S/C21H23N5O/c1-2-12-27-21-18(14-23)19(17(13-22)20(24)25-21)15-6-8-16(9-7-15)26-10-4-3-5-11-26/h6-9H,2-5,10-12H2,1H3,(H2,24,25). The van der Waals surface area contributed by atoms with Crippen LogP contribution < -0.4 is 15.4 Å². The quantitative estimate of drug-likeness (QED) is 0.868. The predicted molar refractivity (Wildman–Crippen MR) is 105 cm³/mol. The summed E-state index contributed by atoms with van der Waals surface area (Å²) in [5, 5.41) is 19.3. The van der Waals surface area contributed by atoms with Gasteiger partial charge in [0, 0.05) is 24.3 Å². The first kappa shape index (κ1) is 18.5. The van der Waals surface area contributed by atoms with Crippen molar-refractivity contribution in [1.29, 1.82) is 10.5 Å². The first-order chi connectivity index (χ1) is 13.2. The fourth-order valence-electron chi connectivity index (χ4n) is 3.38. The molecule has 2 heterocycles. The van der Waals surface area contributed by atoms with Gasteiger partial charge < -0.3 is 15.4 Å². The third-order valence-electron chi connectivity index (χ3n) is 4.74. The van der Waals surface area contributed by atoms with Crippen LogP contribution in [0.25, 0.3) is 11.1 Å². The number of ether oxygens (including phenoxy) is 1. The second-order valence-corrected chi connectivity index (χ2v) is 6.59. The molecule has 1 aromatic carbocycles. The molecule has 1 aliphatic heterocycles. The second kappa shape index (κ2) is 8.42.